The molecule has 1 N–H and O–H groups in total. The van der Waals surface area contributed by atoms with Crippen molar-refractivity contribution in [1.29, 1.82) is 0 Å². The second kappa shape index (κ2) is 7.41. The lowest BCUT2D eigenvalue weighted by atomic mass is 10.2. The highest BCUT2D eigenvalue weighted by atomic mass is 79.9. The van der Waals surface area contributed by atoms with Gasteiger partial charge in [-0.25, -0.2) is 4.39 Å². The van der Waals surface area contributed by atoms with Crippen LogP contribution >= 0.6 is 15.9 Å². The van der Waals surface area contributed by atoms with Gasteiger partial charge in [0.2, 0.25) is 0 Å². The Bertz CT molecular complexity index is 525. The second-order valence-corrected chi connectivity index (χ2v) is 5.71. The minimum atomic E-state index is -0.187. The van der Waals surface area contributed by atoms with E-state index >= 15 is 0 Å². The van der Waals surface area contributed by atoms with E-state index in [-0.39, 0.29) is 5.82 Å². The summed E-state index contributed by atoms with van der Waals surface area (Å²) in [6.45, 7) is 2.62. The van der Waals surface area contributed by atoms with Crippen molar-refractivity contribution in [3.8, 4) is 0 Å². The molecule has 0 spiro atoms. The van der Waals surface area contributed by atoms with E-state index in [1.54, 1.807) is 0 Å². The van der Waals surface area contributed by atoms with E-state index in [0.717, 1.165) is 35.4 Å². The van der Waals surface area contributed by atoms with E-state index in [0.29, 0.717) is 0 Å². The predicted molar refractivity (Wildman–Crippen MR) is 85.4 cm³/mol. The average molecular weight is 337 g/mol. The van der Waals surface area contributed by atoms with Crippen molar-refractivity contribution in [3.63, 3.8) is 0 Å². The number of halogens is 2. The Labute approximate surface area is 127 Å². The standard InChI is InChI=1S/C16H18BrFN2/c1-20(12-13-2-6-15(18)7-3-13)11-10-19-16-8-4-14(17)5-9-16/h2-9,19H,10-12H2,1H3. The molecule has 0 fully saturated rings. The monoisotopic (exact) mass is 336 g/mol. The summed E-state index contributed by atoms with van der Waals surface area (Å²) in [6, 6.07) is 14.8. The molecule has 2 nitrogen and oxygen atoms in total. The molecule has 0 saturated heterocycles. The third kappa shape index (κ3) is 4.94. The molecule has 0 saturated carbocycles. The van der Waals surface area contributed by atoms with Crippen molar-refractivity contribution < 1.29 is 4.39 Å². The summed E-state index contributed by atoms with van der Waals surface area (Å²) in [7, 11) is 2.06. The van der Waals surface area contributed by atoms with Crippen molar-refractivity contribution in [2.45, 2.75) is 6.54 Å². The van der Waals surface area contributed by atoms with Gasteiger partial charge < -0.3 is 10.2 Å². The summed E-state index contributed by atoms with van der Waals surface area (Å²) in [4.78, 5) is 2.21. The Balaban J connectivity index is 1.73. The molecule has 2 rings (SSSR count). The highest BCUT2D eigenvalue weighted by Crippen LogP contribution is 2.13. The Hall–Kier alpha value is -1.39. The van der Waals surface area contributed by atoms with Crippen LogP contribution in [0.1, 0.15) is 5.56 Å². The minimum Gasteiger partial charge on any atom is -0.384 e. The van der Waals surface area contributed by atoms with Crippen LogP contribution in [0.5, 0.6) is 0 Å². The maximum atomic E-state index is 12.8. The Morgan fingerprint density at radius 3 is 2.35 bits per heavy atom. The summed E-state index contributed by atoms with van der Waals surface area (Å²) >= 11 is 3.42. The quantitative estimate of drug-likeness (QED) is 0.853. The number of hydrogen-bond acceptors (Lipinski definition) is 2. The smallest absolute Gasteiger partial charge is 0.123 e. The number of benzene rings is 2. The van der Waals surface area contributed by atoms with Gasteiger partial charge in [-0.1, -0.05) is 28.1 Å². The third-order valence-electron chi connectivity index (χ3n) is 3.03. The molecular weight excluding hydrogens is 319 g/mol. The summed E-state index contributed by atoms with van der Waals surface area (Å²) in [5.41, 5.74) is 2.24. The van der Waals surface area contributed by atoms with Gasteiger partial charge in [0, 0.05) is 29.8 Å². The molecule has 0 aliphatic carbocycles. The highest BCUT2D eigenvalue weighted by Gasteiger charge is 2.00. The number of nitrogens with zero attached hydrogens (tertiary/aromatic N) is 1. The first-order valence-electron chi connectivity index (χ1n) is 6.56. The van der Waals surface area contributed by atoms with Gasteiger partial charge in [0.15, 0.2) is 0 Å². The molecule has 0 amide bonds. The molecule has 0 aromatic heterocycles. The lowest BCUT2D eigenvalue weighted by Crippen LogP contribution is -2.24. The lowest BCUT2D eigenvalue weighted by Gasteiger charge is -2.17. The van der Waals surface area contributed by atoms with Crippen molar-refractivity contribution in [3.05, 3.63) is 64.4 Å². The Morgan fingerprint density at radius 2 is 1.70 bits per heavy atom. The zero-order valence-corrected chi connectivity index (χ0v) is 13.0. The van der Waals surface area contributed by atoms with Gasteiger partial charge in [-0.05, 0) is 49.0 Å². The first-order valence-corrected chi connectivity index (χ1v) is 7.35. The molecule has 0 unspecified atom stereocenters. The van der Waals surface area contributed by atoms with Crippen LogP contribution in [0.2, 0.25) is 0 Å². The van der Waals surface area contributed by atoms with Gasteiger partial charge in [0.25, 0.3) is 0 Å². The van der Waals surface area contributed by atoms with Crippen LogP contribution in [-0.4, -0.2) is 25.0 Å². The minimum absolute atomic E-state index is 0.187. The van der Waals surface area contributed by atoms with Gasteiger partial charge in [0.1, 0.15) is 5.82 Å². The number of rotatable bonds is 6. The van der Waals surface area contributed by atoms with Crippen molar-refractivity contribution in [2.75, 3.05) is 25.5 Å². The molecule has 0 heterocycles. The number of hydrogen-bond donors (Lipinski definition) is 1. The third-order valence-corrected chi connectivity index (χ3v) is 3.56. The highest BCUT2D eigenvalue weighted by molar-refractivity contribution is 9.10. The Kier molecular flexibility index (Phi) is 5.56. The molecule has 4 heteroatoms. The number of anilines is 1. The fourth-order valence-electron chi connectivity index (χ4n) is 1.94. The molecule has 2 aromatic rings. The SMILES string of the molecule is CN(CCNc1ccc(Br)cc1)Cc1ccc(F)cc1. The molecule has 0 radical (unpaired) electrons. The van der Waals surface area contributed by atoms with E-state index < -0.39 is 0 Å². The van der Waals surface area contributed by atoms with E-state index in [2.05, 4.69) is 33.2 Å². The van der Waals surface area contributed by atoms with Gasteiger partial charge in [-0.2, -0.15) is 0 Å². The molecule has 0 bridgehead atoms. The zero-order chi connectivity index (χ0) is 14.4. The summed E-state index contributed by atoms with van der Waals surface area (Å²) in [5, 5.41) is 3.38. The second-order valence-electron chi connectivity index (χ2n) is 4.80. The first-order chi connectivity index (χ1) is 9.63. The first kappa shape index (κ1) is 15.0. The van der Waals surface area contributed by atoms with Gasteiger partial charge in [-0.15, -0.1) is 0 Å². The fourth-order valence-corrected chi connectivity index (χ4v) is 2.20. The zero-order valence-electron chi connectivity index (χ0n) is 11.4. The average Bonchev–Trinajstić information content (AvgIpc) is 2.44. The maximum absolute atomic E-state index is 12.8. The largest absolute Gasteiger partial charge is 0.384 e. The molecule has 20 heavy (non-hydrogen) atoms. The van der Waals surface area contributed by atoms with Crippen LogP contribution < -0.4 is 5.32 Å². The van der Waals surface area contributed by atoms with Gasteiger partial charge in [-0.3, -0.25) is 0 Å². The summed E-state index contributed by atoms with van der Waals surface area (Å²) < 4.78 is 13.9. The van der Waals surface area contributed by atoms with Crippen molar-refractivity contribution >= 4 is 21.6 Å². The topological polar surface area (TPSA) is 15.3 Å². The Morgan fingerprint density at radius 1 is 1.05 bits per heavy atom. The molecule has 0 atom stereocenters. The van der Waals surface area contributed by atoms with E-state index in [1.165, 1.54) is 12.1 Å². The molecule has 106 valence electrons. The molecule has 0 aliphatic rings. The fraction of sp³-hybridized carbons (Fsp3) is 0.250. The van der Waals surface area contributed by atoms with Crippen LogP contribution in [0.25, 0.3) is 0 Å². The van der Waals surface area contributed by atoms with Crippen molar-refractivity contribution in [1.82, 2.24) is 4.90 Å². The summed E-state index contributed by atoms with van der Waals surface area (Å²) in [5.74, 6) is -0.187. The van der Waals surface area contributed by atoms with Crippen molar-refractivity contribution in [2.24, 2.45) is 0 Å². The normalized spacial score (nSPS) is 10.8. The lowest BCUT2D eigenvalue weighted by molar-refractivity contribution is 0.340. The number of nitrogens with one attached hydrogen (secondary N) is 1. The molecular formula is C16H18BrFN2. The molecule has 2 aromatic carbocycles. The van der Waals surface area contributed by atoms with Crippen LogP contribution in [-0.2, 0) is 6.54 Å². The van der Waals surface area contributed by atoms with Crippen LogP contribution in [0, 0.1) is 5.82 Å². The van der Waals surface area contributed by atoms with Crippen LogP contribution in [0.3, 0.4) is 0 Å². The predicted octanol–water partition coefficient (Wildman–Crippen LogP) is 4.13. The molecule has 0 aliphatic heterocycles. The van der Waals surface area contributed by atoms with E-state index in [4.69, 9.17) is 0 Å². The maximum Gasteiger partial charge on any atom is 0.123 e. The van der Waals surface area contributed by atoms with Gasteiger partial charge in [0.05, 0.1) is 0 Å². The van der Waals surface area contributed by atoms with Crippen LogP contribution in [0.4, 0.5) is 10.1 Å². The van der Waals surface area contributed by atoms with Crippen LogP contribution in [0.15, 0.2) is 53.0 Å². The number of likely N-dealkylation sites (N-methyl/N-ethyl adjacent to an activating group) is 1. The van der Waals surface area contributed by atoms with Gasteiger partial charge >= 0.3 is 0 Å². The van der Waals surface area contributed by atoms with E-state index in [1.807, 2.05) is 36.4 Å². The summed E-state index contributed by atoms with van der Waals surface area (Å²) in [6.07, 6.45) is 0. The van der Waals surface area contributed by atoms with E-state index in [9.17, 15) is 4.39 Å².